The highest BCUT2D eigenvalue weighted by Gasteiger charge is 2.37. The van der Waals surface area contributed by atoms with E-state index < -0.39 is 35.9 Å². The lowest BCUT2D eigenvalue weighted by Crippen LogP contribution is -2.43. The van der Waals surface area contributed by atoms with E-state index in [2.05, 4.69) is 14.5 Å². The molecule has 1 atom stereocenters. The van der Waals surface area contributed by atoms with Crippen LogP contribution in [-0.2, 0) is 27.1 Å². The summed E-state index contributed by atoms with van der Waals surface area (Å²) in [5.41, 5.74) is 1.41. The lowest BCUT2D eigenvalue weighted by atomic mass is 9.89. The fraction of sp³-hybridized carbons (Fsp3) is 0.559. The van der Waals surface area contributed by atoms with Crippen molar-refractivity contribution in [1.29, 1.82) is 0 Å². The number of aryl methyl sites for hydroxylation is 1. The monoisotopic (exact) mass is 624 g/mol. The molecule has 3 aromatic rings. The van der Waals surface area contributed by atoms with Gasteiger partial charge in [0.15, 0.2) is 0 Å². The largest absolute Gasteiger partial charge is 0.385 e. The quantitative estimate of drug-likeness (QED) is 0.105. The summed E-state index contributed by atoms with van der Waals surface area (Å²) in [4.78, 5) is 15.4. The first-order valence-electron chi connectivity index (χ1n) is 15.3. The molecule has 0 spiro atoms. The average Bonchev–Trinajstić information content (AvgIpc) is 3.33. The molecule has 0 radical (unpaired) electrons. The maximum absolute atomic E-state index is 15.6. The maximum atomic E-state index is 15.6. The second-order valence-corrected chi connectivity index (χ2v) is 11.9. The summed E-state index contributed by atoms with van der Waals surface area (Å²) in [5, 5.41) is 1.00. The van der Waals surface area contributed by atoms with Gasteiger partial charge in [-0.05, 0) is 75.8 Å². The molecule has 5 nitrogen and oxygen atoms in total. The lowest BCUT2D eigenvalue weighted by Gasteiger charge is -2.38. The Hall–Kier alpha value is -2.82. The van der Waals surface area contributed by atoms with Gasteiger partial charge < -0.3 is 19.3 Å². The van der Waals surface area contributed by atoms with Crippen LogP contribution in [-0.4, -0.2) is 67.8 Å². The number of nitrogens with zero attached hydrogens (tertiary/aromatic N) is 1. The van der Waals surface area contributed by atoms with Crippen LogP contribution in [0, 0.1) is 11.6 Å². The number of aromatic nitrogens is 1. The molecule has 0 saturated heterocycles. The van der Waals surface area contributed by atoms with Crippen LogP contribution in [0.2, 0.25) is 0 Å². The third-order valence-corrected chi connectivity index (χ3v) is 7.67. The van der Waals surface area contributed by atoms with Gasteiger partial charge in [-0.2, -0.15) is 0 Å². The first-order chi connectivity index (χ1) is 20.9. The van der Waals surface area contributed by atoms with Gasteiger partial charge in [-0.15, -0.1) is 0 Å². The highest BCUT2D eigenvalue weighted by molar-refractivity contribution is 5.85. The van der Waals surface area contributed by atoms with E-state index in [-0.39, 0.29) is 31.6 Å². The number of rotatable bonds is 15. The van der Waals surface area contributed by atoms with Gasteiger partial charge in [-0.25, -0.2) is 22.0 Å². The summed E-state index contributed by atoms with van der Waals surface area (Å²) < 4.78 is 82.7. The number of fused-ring (bicyclic) bond motifs is 3. The SMILES string of the molecule is CC(C)(F)CN1CCc2c([nH]c3ccccc23)C1c1c(F)cc(CCCCCCC(F)(F)COCC=O)cc1F.CCOC. The topological polar surface area (TPSA) is 54.6 Å². The standard InChI is InChI=1S/C31H37F5N2O2.C3H8O/c1-30(2,34)19-38-14-12-23-22-10-6-7-11-26(22)37-28(23)29(38)27-24(32)17-21(18-25(27)33)9-5-3-4-8-13-31(35,36)20-40-16-15-39;1-3-4-2/h6-7,10-11,15,17-18,29,37H,3-5,8-9,12-14,16,19-20H2,1-2H3;3H2,1-2H3. The van der Waals surface area contributed by atoms with Crippen LogP contribution in [0.1, 0.15) is 81.3 Å². The maximum Gasteiger partial charge on any atom is 0.271 e. The van der Waals surface area contributed by atoms with Crippen molar-refractivity contribution in [3.05, 3.63) is 70.4 Å². The number of aldehydes is 1. The number of ether oxygens (including phenoxy) is 2. The van der Waals surface area contributed by atoms with Gasteiger partial charge in [-0.1, -0.05) is 31.0 Å². The Bertz CT molecular complexity index is 1310. The molecule has 4 rings (SSSR count). The summed E-state index contributed by atoms with van der Waals surface area (Å²) in [5.74, 6) is -4.34. The van der Waals surface area contributed by atoms with Gasteiger partial charge in [0.2, 0.25) is 0 Å². The Morgan fingerprint density at radius 1 is 1.05 bits per heavy atom. The summed E-state index contributed by atoms with van der Waals surface area (Å²) in [6.07, 6.45) is 3.22. The average molecular weight is 625 g/mol. The predicted octanol–water partition coefficient (Wildman–Crippen LogP) is 8.14. The number of aromatic amines is 1. The number of H-pyrrole nitrogens is 1. The molecule has 0 amide bonds. The Morgan fingerprint density at radius 3 is 2.34 bits per heavy atom. The lowest BCUT2D eigenvalue weighted by molar-refractivity contribution is -0.118. The van der Waals surface area contributed by atoms with Crippen LogP contribution < -0.4 is 0 Å². The number of carbonyl (C=O) groups excluding carboxylic acids is 1. The van der Waals surface area contributed by atoms with Crippen molar-refractivity contribution in [1.82, 2.24) is 9.88 Å². The molecule has 0 aliphatic carbocycles. The van der Waals surface area contributed by atoms with E-state index in [1.807, 2.05) is 31.2 Å². The number of benzene rings is 2. The van der Waals surface area contributed by atoms with Crippen molar-refractivity contribution < 1.29 is 36.2 Å². The number of halogens is 5. The molecular weight excluding hydrogens is 579 g/mol. The Morgan fingerprint density at radius 2 is 1.70 bits per heavy atom. The molecule has 1 aliphatic rings. The smallest absolute Gasteiger partial charge is 0.271 e. The zero-order valence-electron chi connectivity index (χ0n) is 26.2. The predicted molar refractivity (Wildman–Crippen MR) is 163 cm³/mol. The second-order valence-electron chi connectivity index (χ2n) is 11.9. The summed E-state index contributed by atoms with van der Waals surface area (Å²) in [6, 6.07) is 9.61. The fourth-order valence-corrected chi connectivity index (χ4v) is 5.71. The molecule has 0 bridgehead atoms. The first kappa shape index (κ1) is 35.7. The molecule has 1 aliphatic heterocycles. The minimum Gasteiger partial charge on any atom is -0.385 e. The van der Waals surface area contributed by atoms with Crippen molar-refractivity contribution in [3.8, 4) is 0 Å². The Kier molecular flexibility index (Phi) is 13.4. The summed E-state index contributed by atoms with van der Waals surface area (Å²) >= 11 is 0. The number of unbranched alkanes of at least 4 members (excludes halogenated alkanes) is 3. The van der Waals surface area contributed by atoms with Crippen LogP contribution in [0.15, 0.2) is 36.4 Å². The minimum atomic E-state index is -2.99. The fourth-order valence-electron chi connectivity index (χ4n) is 5.71. The van der Waals surface area contributed by atoms with Crippen molar-refractivity contribution in [2.24, 2.45) is 0 Å². The molecule has 0 saturated carbocycles. The third-order valence-electron chi connectivity index (χ3n) is 7.67. The number of hydrogen-bond donors (Lipinski definition) is 1. The van der Waals surface area contributed by atoms with E-state index in [0.29, 0.717) is 56.2 Å². The molecule has 44 heavy (non-hydrogen) atoms. The van der Waals surface area contributed by atoms with Crippen LogP contribution in [0.3, 0.4) is 0 Å². The highest BCUT2D eigenvalue weighted by Crippen LogP contribution is 2.41. The van der Waals surface area contributed by atoms with E-state index in [1.165, 1.54) is 26.0 Å². The van der Waals surface area contributed by atoms with Gasteiger partial charge in [0.1, 0.15) is 36.8 Å². The molecule has 2 heterocycles. The number of alkyl halides is 3. The molecule has 0 fully saturated rings. The van der Waals surface area contributed by atoms with Gasteiger partial charge in [0.25, 0.3) is 5.92 Å². The van der Waals surface area contributed by atoms with Crippen LogP contribution in [0.25, 0.3) is 10.9 Å². The number of nitrogens with one attached hydrogen (secondary N) is 1. The first-order valence-corrected chi connectivity index (χ1v) is 15.3. The van der Waals surface area contributed by atoms with Crippen LogP contribution in [0.5, 0.6) is 0 Å². The molecule has 1 unspecified atom stereocenters. The van der Waals surface area contributed by atoms with Gasteiger partial charge in [0.05, 0.1) is 6.04 Å². The third kappa shape index (κ3) is 10.1. The van der Waals surface area contributed by atoms with Crippen molar-refractivity contribution in [2.45, 2.75) is 83.4 Å². The van der Waals surface area contributed by atoms with Gasteiger partial charge in [-0.3, -0.25) is 4.90 Å². The molecular formula is C34H45F5N2O3. The van der Waals surface area contributed by atoms with Crippen molar-refractivity contribution in [3.63, 3.8) is 0 Å². The van der Waals surface area contributed by atoms with E-state index in [1.54, 1.807) is 12.0 Å². The number of methoxy groups -OCH3 is 1. The Labute approximate surface area is 257 Å². The van der Waals surface area contributed by atoms with E-state index >= 15 is 8.78 Å². The molecule has 1 aromatic heterocycles. The van der Waals surface area contributed by atoms with Crippen molar-refractivity contribution >= 4 is 17.2 Å². The minimum absolute atomic E-state index is 0.0232. The van der Waals surface area contributed by atoms with Crippen LogP contribution >= 0.6 is 0 Å². The van der Waals surface area contributed by atoms with E-state index in [9.17, 15) is 18.0 Å². The zero-order valence-corrected chi connectivity index (χ0v) is 26.2. The van der Waals surface area contributed by atoms with E-state index in [0.717, 1.165) is 23.1 Å². The number of para-hydroxylation sites is 1. The highest BCUT2D eigenvalue weighted by atomic mass is 19.3. The normalized spacial score (nSPS) is 15.6. The summed E-state index contributed by atoms with van der Waals surface area (Å²) in [6.45, 7) is 5.06. The molecule has 10 heteroatoms. The van der Waals surface area contributed by atoms with Crippen LogP contribution in [0.4, 0.5) is 22.0 Å². The second kappa shape index (κ2) is 16.5. The summed E-state index contributed by atoms with van der Waals surface area (Å²) in [7, 11) is 1.68. The number of hydrogen-bond acceptors (Lipinski definition) is 4. The zero-order chi connectivity index (χ0) is 32.3. The number of carbonyl (C=O) groups is 1. The van der Waals surface area contributed by atoms with Gasteiger partial charge >= 0.3 is 0 Å². The molecule has 2 aromatic carbocycles. The van der Waals surface area contributed by atoms with E-state index in [4.69, 9.17) is 0 Å². The Balaban J connectivity index is 0.00000124. The molecule has 1 N–H and O–H groups in total. The van der Waals surface area contributed by atoms with Crippen molar-refractivity contribution in [2.75, 3.05) is 40.0 Å². The van der Waals surface area contributed by atoms with Gasteiger partial charge in [0, 0.05) is 55.4 Å². The molecule has 244 valence electrons.